The van der Waals surface area contributed by atoms with Gasteiger partial charge >= 0.3 is 0 Å². The average Bonchev–Trinajstić information content (AvgIpc) is 3.26. The highest BCUT2D eigenvalue weighted by molar-refractivity contribution is 5.83. The molecule has 0 unspecified atom stereocenters. The van der Waals surface area contributed by atoms with Gasteiger partial charge in [-0.3, -0.25) is 9.89 Å². The number of benzene rings is 1. The lowest BCUT2D eigenvalue weighted by atomic mass is 10.1. The average molecular weight is 351 g/mol. The second kappa shape index (κ2) is 7.47. The summed E-state index contributed by atoms with van der Waals surface area (Å²) in [6, 6.07) is 8.89. The smallest absolute Gasteiger partial charge is 0.249 e. The molecule has 3 aromatic rings. The van der Waals surface area contributed by atoms with Crippen LogP contribution in [0.2, 0.25) is 0 Å². The van der Waals surface area contributed by atoms with Crippen LogP contribution < -0.4 is 5.32 Å². The number of hydrogen-bond donors (Lipinski definition) is 2. The fourth-order valence-electron chi connectivity index (χ4n) is 3.49. The van der Waals surface area contributed by atoms with E-state index >= 15 is 0 Å². The first-order chi connectivity index (χ1) is 12.8. The first-order valence-corrected chi connectivity index (χ1v) is 8.93. The number of aromatic nitrogens is 6. The predicted octanol–water partition coefficient (Wildman–Crippen LogP) is 1.57. The molecule has 0 radical (unpaired) electrons. The summed E-state index contributed by atoms with van der Waals surface area (Å²) < 4.78 is 1.47. The number of tetrazole rings is 1. The Morgan fingerprint density at radius 3 is 2.85 bits per heavy atom. The molecule has 1 atom stereocenters. The lowest BCUT2D eigenvalue weighted by Crippen LogP contribution is -2.33. The topological polar surface area (TPSA) is 101 Å². The monoisotopic (exact) mass is 351 g/mol. The number of fused-ring (bicyclic) bond motifs is 1. The summed E-state index contributed by atoms with van der Waals surface area (Å²) in [5.41, 5.74) is 4.24. The third-order valence-corrected chi connectivity index (χ3v) is 4.82. The van der Waals surface area contributed by atoms with Crippen molar-refractivity contribution in [1.82, 2.24) is 35.7 Å². The molecular weight excluding hydrogens is 330 g/mol. The maximum Gasteiger partial charge on any atom is 0.249 e. The van der Waals surface area contributed by atoms with Gasteiger partial charge in [-0.25, -0.2) is 4.68 Å². The van der Waals surface area contributed by atoms with E-state index in [4.69, 9.17) is 0 Å². The molecular formula is C18H21N7O. The second-order valence-electron chi connectivity index (χ2n) is 6.51. The predicted molar refractivity (Wildman–Crippen MR) is 94.1 cm³/mol. The van der Waals surface area contributed by atoms with Gasteiger partial charge in [0.05, 0.1) is 12.2 Å². The maximum atomic E-state index is 12.9. The Balaban J connectivity index is 1.52. The number of nitrogens with one attached hydrogen (secondary N) is 2. The van der Waals surface area contributed by atoms with Gasteiger partial charge in [0.15, 0.2) is 6.04 Å². The van der Waals surface area contributed by atoms with Crippen LogP contribution in [-0.2, 0) is 24.2 Å². The first kappa shape index (κ1) is 16.4. The summed E-state index contributed by atoms with van der Waals surface area (Å²) in [5.74, 6) is -0.158. The van der Waals surface area contributed by atoms with Crippen LogP contribution in [0.15, 0.2) is 36.7 Å². The van der Waals surface area contributed by atoms with Crippen LogP contribution in [0.3, 0.4) is 0 Å². The van der Waals surface area contributed by atoms with Crippen molar-refractivity contribution in [2.24, 2.45) is 0 Å². The molecule has 2 N–H and O–H groups in total. The summed E-state index contributed by atoms with van der Waals surface area (Å²) in [6.07, 6.45) is 7.11. The molecule has 26 heavy (non-hydrogen) atoms. The standard InChI is InChI=1S/C18H21N7O/c26-18(17(25-12-20-23-24-25)13-7-3-1-4-8-13)19-11-16-14-9-5-2-6-10-15(14)21-22-16/h1,3-4,7-8,12,17H,2,5-6,9-11H2,(H,19,26)(H,21,22)/t17-/m0/s1. The van der Waals surface area contributed by atoms with Gasteiger partial charge in [0.25, 0.3) is 0 Å². The fraction of sp³-hybridized carbons (Fsp3) is 0.389. The Bertz CT molecular complexity index is 857. The number of carbonyl (C=O) groups is 1. The van der Waals surface area contributed by atoms with E-state index in [1.165, 1.54) is 41.5 Å². The van der Waals surface area contributed by atoms with Gasteiger partial charge in [0.2, 0.25) is 5.91 Å². The molecule has 0 saturated heterocycles. The van der Waals surface area contributed by atoms with Gasteiger partial charge in [-0.2, -0.15) is 5.10 Å². The minimum atomic E-state index is -0.608. The van der Waals surface area contributed by atoms with Gasteiger partial charge in [0.1, 0.15) is 6.33 Å². The highest BCUT2D eigenvalue weighted by atomic mass is 16.2. The molecule has 0 spiro atoms. The molecule has 8 heteroatoms. The molecule has 4 rings (SSSR count). The van der Waals surface area contributed by atoms with Crippen LogP contribution >= 0.6 is 0 Å². The van der Waals surface area contributed by atoms with Crippen molar-refractivity contribution in [3.63, 3.8) is 0 Å². The Morgan fingerprint density at radius 2 is 2.04 bits per heavy atom. The Hall–Kier alpha value is -3.03. The molecule has 0 aliphatic heterocycles. The number of aromatic amines is 1. The van der Waals surface area contributed by atoms with Gasteiger partial charge in [-0.15, -0.1) is 5.10 Å². The Morgan fingerprint density at radius 1 is 1.19 bits per heavy atom. The summed E-state index contributed by atoms with van der Waals surface area (Å²) in [5, 5.41) is 21.8. The second-order valence-corrected chi connectivity index (χ2v) is 6.51. The van der Waals surface area contributed by atoms with Gasteiger partial charge in [0, 0.05) is 5.69 Å². The van der Waals surface area contributed by atoms with E-state index < -0.39 is 6.04 Å². The largest absolute Gasteiger partial charge is 0.348 e. The quantitative estimate of drug-likeness (QED) is 0.680. The number of rotatable bonds is 5. The first-order valence-electron chi connectivity index (χ1n) is 8.93. The van der Waals surface area contributed by atoms with E-state index in [0.717, 1.165) is 24.1 Å². The molecule has 8 nitrogen and oxygen atoms in total. The summed E-state index contributed by atoms with van der Waals surface area (Å²) >= 11 is 0. The molecule has 0 fully saturated rings. The van der Waals surface area contributed by atoms with Crippen LogP contribution in [0, 0.1) is 0 Å². The van der Waals surface area contributed by atoms with Crippen LogP contribution in [0.4, 0.5) is 0 Å². The van der Waals surface area contributed by atoms with Crippen molar-refractivity contribution in [2.75, 3.05) is 0 Å². The van der Waals surface area contributed by atoms with Crippen LogP contribution in [0.1, 0.15) is 47.8 Å². The lowest BCUT2D eigenvalue weighted by molar-refractivity contribution is -0.123. The van der Waals surface area contributed by atoms with Gasteiger partial charge in [-0.05, 0) is 47.2 Å². The van der Waals surface area contributed by atoms with Crippen molar-refractivity contribution >= 4 is 5.91 Å². The third kappa shape index (κ3) is 3.35. The highest BCUT2D eigenvalue weighted by Crippen LogP contribution is 2.22. The third-order valence-electron chi connectivity index (χ3n) is 4.82. The van der Waals surface area contributed by atoms with Crippen molar-refractivity contribution in [3.8, 4) is 0 Å². The van der Waals surface area contributed by atoms with Crippen molar-refractivity contribution in [1.29, 1.82) is 0 Å². The summed E-state index contributed by atoms with van der Waals surface area (Å²) in [4.78, 5) is 12.9. The van der Waals surface area contributed by atoms with Crippen molar-refractivity contribution in [3.05, 3.63) is 59.2 Å². The number of H-pyrrole nitrogens is 1. The van der Waals surface area contributed by atoms with Crippen molar-refractivity contribution < 1.29 is 4.79 Å². The molecule has 1 aliphatic rings. The van der Waals surface area contributed by atoms with E-state index in [1.54, 1.807) is 0 Å². The van der Waals surface area contributed by atoms with Crippen LogP contribution in [0.25, 0.3) is 0 Å². The van der Waals surface area contributed by atoms with E-state index in [0.29, 0.717) is 6.54 Å². The number of hydrogen-bond acceptors (Lipinski definition) is 5. The zero-order valence-electron chi connectivity index (χ0n) is 14.4. The summed E-state index contributed by atoms with van der Waals surface area (Å²) in [6.45, 7) is 0.399. The Kier molecular flexibility index (Phi) is 4.72. The molecule has 134 valence electrons. The normalized spacial score (nSPS) is 15.1. The fourth-order valence-corrected chi connectivity index (χ4v) is 3.49. The van der Waals surface area contributed by atoms with E-state index in [9.17, 15) is 4.79 Å². The molecule has 1 aliphatic carbocycles. The number of amides is 1. The van der Waals surface area contributed by atoms with Crippen LogP contribution in [0.5, 0.6) is 0 Å². The highest BCUT2D eigenvalue weighted by Gasteiger charge is 2.24. The molecule has 0 bridgehead atoms. The number of nitrogens with zero attached hydrogens (tertiary/aromatic N) is 5. The molecule has 2 heterocycles. The van der Waals surface area contributed by atoms with E-state index in [2.05, 4.69) is 31.0 Å². The van der Waals surface area contributed by atoms with Crippen LogP contribution in [-0.4, -0.2) is 36.3 Å². The number of aryl methyl sites for hydroxylation is 1. The minimum Gasteiger partial charge on any atom is -0.348 e. The molecule has 1 aromatic carbocycles. The number of carbonyl (C=O) groups excluding carboxylic acids is 1. The zero-order valence-corrected chi connectivity index (χ0v) is 14.4. The SMILES string of the molecule is O=C(NCc1n[nH]c2c1CCCCC2)[C@H](c1ccccc1)n1cnnn1. The molecule has 1 amide bonds. The van der Waals surface area contributed by atoms with E-state index in [1.807, 2.05) is 30.3 Å². The van der Waals surface area contributed by atoms with E-state index in [-0.39, 0.29) is 5.91 Å². The van der Waals surface area contributed by atoms with Crippen molar-refractivity contribution in [2.45, 2.75) is 44.7 Å². The molecule has 0 saturated carbocycles. The maximum absolute atomic E-state index is 12.9. The minimum absolute atomic E-state index is 0.158. The lowest BCUT2D eigenvalue weighted by Gasteiger charge is -2.16. The zero-order chi connectivity index (χ0) is 17.8. The summed E-state index contributed by atoms with van der Waals surface area (Å²) in [7, 11) is 0. The molecule has 2 aromatic heterocycles. The van der Waals surface area contributed by atoms with Gasteiger partial charge in [-0.1, -0.05) is 36.8 Å². The van der Waals surface area contributed by atoms with Gasteiger partial charge < -0.3 is 5.32 Å². The Labute approximate surface area is 151 Å².